The van der Waals surface area contributed by atoms with Crippen LogP contribution in [0.3, 0.4) is 0 Å². The van der Waals surface area contributed by atoms with Crippen LogP contribution in [0.25, 0.3) is 0 Å². The van der Waals surface area contributed by atoms with Crippen LogP contribution in [0.2, 0.25) is 0 Å². The third-order valence-electron chi connectivity index (χ3n) is 4.40. The second kappa shape index (κ2) is 6.05. The van der Waals surface area contributed by atoms with E-state index in [0.29, 0.717) is 6.42 Å². The highest BCUT2D eigenvalue weighted by Gasteiger charge is 2.48. The number of rotatable bonds is 5. The van der Waals surface area contributed by atoms with Gasteiger partial charge in [-0.05, 0) is 43.9 Å². The first-order chi connectivity index (χ1) is 11.3. The molecule has 0 N–H and O–H groups in total. The van der Waals surface area contributed by atoms with Gasteiger partial charge in [-0.25, -0.2) is 12.7 Å². The molecule has 0 aliphatic heterocycles. The van der Waals surface area contributed by atoms with Gasteiger partial charge in [-0.2, -0.15) is 5.10 Å². The largest absolute Gasteiger partial charge is 0.276 e. The predicted molar refractivity (Wildman–Crippen MR) is 89.8 cm³/mol. The fraction of sp³-hybridized carbons (Fsp3) is 0.412. The van der Waals surface area contributed by atoms with Crippen LogP contribution in [-0.4, -0.2) is 35.0 Å². The maximum absolute atomic E-state index is 12.8. The van der Waals surface area contributed by atoms with Gasteiger partial charge in [-0.15, -0.1) is 0 Å². The Morgan fingerprint density at radius 2 is 2.00 bits per heavy atom. The van der Waals surface area contributed by atoms with E-state index in [9.17, 15) is 13.2 Å². The van der Waals surface area contributed by atoms with Crippen LogP contribution < -0.4 is 0 Å². The van der Waals surface area contributed by atoms with E-state index in [2.05, 4.69) is 5.10 Å². The first kappa shape index (κ1) is 16.7. The molecule has 0 saturated heterocycles. The lowest BCUT2D eigenvalue weighted by molar-refractivity contribution is -0.127. The first-order valence-corrected chi connectivity index (χ1v) is 9.40. The Balaban J connectivity index is 1.81. The topological polar surface area (TPSA) is 72.3 Å². The quantitative estimate of drug-likeness (QED) is 0.830. The fourth-order valence-corrected chi connectivity index (χ4v) is 4.38. The molecule has 1 heterocycles. The molecule has 1 aromatic carbocycles. The van der Waals surface area contributed by atoms with Gasteiger partial charge in [0.1, 0.15) is 0 Å². The Bertz CT molecular complexity index is 855. The molecule has 1 aliphatic rings. The molecule has 24 heavy (non-hydrogen) atoms. The number of aryl methyl sites for hydroxylation is 2. The van der Waals surface area contributed by atoms with Crippen LogP contribution in [0, 0.1) is 12.8 Å². The summed E-state index contributed by atoms with van der Waals surface area (Å²) in [6, 6.07) is 6.57. The van der Waals surface area contributed by atoms with Crippen LogP contribution >= 0.6 is 0 Å². The zero-order valence-electron chi connectivity index (χ0n) is 14.0. The molecule has 7 heteroatoms. The van der Waals surface area contributed by atoms with E-state index in [4.69, 9.17) is 0 Å². The van der Waals surface area contributed by atoms with Crippen molar-refractivity contribution in [3.8, 4) is 0 Å². The summed E-state index contributed by atoms with van der Waals surface area (Å²) >= 11 is 0. The fourth-order valence-electron chi connectivity index (χ4n) is 2.93. The SMILES string of the molecule is CCN(C(=O)C1CC1c1cnn(C)c1)S(=O)(=O)c1ccc(C)cc1. The molecule has 0 bridgehead atoms. The van der Waals surface area contributed by atoms with Gasteiger partial charge in [-0.3, -0.25) is 9.48 Å². The summed E-state index contributed by atoms with van der Waals surface area (Å²) in [6.45, 7) is 3.71. The molecule has 1 saturated carbocycles. The highest BCUT2D eigenvalue weighted by molar-refractivity contribution is 7.89. The highest BCUT2D eigenvalue weighted by atomic mass is 32.2. The van der Waals surface area contributed by atoms with Gasteiger partial charge in [0.2, 0.25) is 5.91 Å². The number of amides is 1. The van der Waals surface area contributed by atoms with Crippen molar-refractivity contribution in [2.24, 2.45) is 13.0 Å². The highest BCUT2D eigenvalue weighted by Crippen LogP contribution is 2.48. The molecule has 2 atom stereocenters. The number of benzene rings is 1. The lowest BCUT2D eigenvalue weighted by atomic mass is 10.2. The van der Waals surface area contributed by atoms with E-state index >= 15 is 0 Å². The molecule has 1 aromatic heterocycles. The van der Waals surface area contributed by atoms with Gasteiger partial charge < -0.3 is 0 Å². The maximum Gasteiger partial charge on any atom is 0.266 e. The number of sulfonamides is 1. The summed E-state index contributed by atoms with van der Waals surface area (Å²) in [7, 11) is -1.99. The van der Waals surface area contributed by atoms with Gasteiger partial charge >= 0.3 is 0 Å². The predicted octanol–water partition coefficient (Wildman–Crippen LogP) is 2.07. The Labute approximate surface area is 142 Å². The van der Waals surface area contributed by atoms with E-state index in [0.717, 1.165) is 15.4 Å². The average Bonchev–Trinajstić information content (AvgIpc) is 3.22. The van der Waals surface area contributed by atoms with Crippen molar-refractivity contribution >= 4 is 15.9 Å². The number of hydrogen-bond acceptors (Lipinski definition) is 4. The molecule has 2 unspecified atom stereocenters. The Morgan fingerprint density at radius 1 is 1.33 bits per heavy atom. The summed E-state index contributed by atoms with van der Waals surface area (Å²) in [5.41, 5.74) is 1.96. The van der Waals surface area contributed by atoms with Crippen molar-refractivity contribution in [3.05, 3.63) is 47.8 Å². The zero-order chi connectivity index (χ0) is 17.5. The summed E-state index contributed by atoms with van der Waals surface area (Å²) in [4.78, 5) is 12.9. The minimum atomic E-state index is -3.81. The molecule has 128 valence electrons. The minimum absolute atomic E-state index is 0.0634. The normalized spacial score (nSPS) is 20.0. The lowest BCUT2D eigenvalue weighted by Gasteiger charge is -2.21. The van der Waals surface area contributed by atoms with Crippen LogP contribution in [0.15, 0.2) is 41.6 Å². The molecule has 1 aliphatic carbocycles. The molecule has 0 radical (unpaired) electrons. The third kappa shape index (κ3) is 2.96. The number of carbonyl (C=O) groups is 1. The second-order valence-electron chi connectivity index (χ2n) is 6.22. The van der Waals surface area contributed by atoms with Crippen LogP contribution in [0.4, 0.5) is 0 Å². The van der Waals surface area contributed by atoms with Crippen LogP contribution in [0.5, 0.6) is 0 Å². The molecule has 3 rings (SSSR count). The van der Waals surface area contributed by atoms with Gasteiger partial charge in [0, 0.05) is 25.7 Å². The summed E-state index contributed by atoms with van der Waals surface area (Å²) in [5.74, 6) is -0.547. The smallest absolute Gasteiger partial charge is 0.266 e. The Hall–Kier alpha value is -2.15. The lowest BCUT2D eigenvalue weighted by Crippen LogP contribution is -2.38. The van der Waals surface area contributed by atoms with Crippen molar-refractivity contribution in [3.63, 3.8) is 0 Å². The van der Waals surface area contributed by atoms with Crippen LogP contribution in [-0.2, 0) is 21.9 Å². The first-order valence-electron chi connectivity index (χ1n) is 7.96. The average molecular weight is 347 g/mol. The van der Waals surface area contributed by atoms with E-state index in [1.807, 2.05) is 20.2 Å². The maximum atomic E-state index is 12.8. The van der Waals surface area contributed by atoms with E-state index < -0.39 is 10.0 Å². The summed E-state index contributed by atoms with van der Waals surface area (Å²) in [6.07, 6.45) is 4.29. The molecular weight excluding hydrogens is 326 g/mol. The van der Waals surface area contributed by atoms with Gasteiger partial charge in [0.25, 0.3) is 10.0 Å². The molecule has 2 aromatic rings. The minimum Gasteiger partial charge on any atom is -0.276 e. The second-order valence-corrected chi connectivity index (χ2v) is 8.08. The van der Waals surface area contributed by atoms with Crippen molar-refractivity contribution in [1.29, 1.82) is 0 Å². The molecule has 1 fully saturated rings. The molecule has 1 amide bonds. The zero-order valence-corrected chi connectivity index (χ0v) is 14.8. The van der Waals surface area contributed by atoms with E-state index in [-0.39, 0.29) is 29.2 Å². The Morgan fingerprint density at radius 3 is 2.54 bits per heavy atom. The number of hydrogen-bond donors (Lipinski definition) is 0. The van der Waals surface area contributed by atoms with Crippen molar-refractivity contribution < 1.29 is 13.2 Å². The Kier molecular flexibility index (Phi) is 4.21. The van der Waals surface area contributed by atoms with E-state index in [1.54, 1.807) is 42.1 Å². The summed E-state index contributed by atoms with van der Waals surface area (Å²) in [5, 5.41) is 4.11. The van der Waals surface area contributed by atoms with Crippen molar-refractivity contribution in [2.75, 3.05) is 6.54 Å². The third-order valence-corrected chi connectivity index (χ3v) is 6.29. The van der Waals surface area contributed by atoms with Gasteiger partial charge in [0.05, 0.1) is 11.1 Å². The molecule has 0 spiro atoms. The standard InChI is InChI=1S/C17H21N3O3S/c1-4-20(24(22,23)14-7-5-12(2)6-8-14)17(21)16-9-15(16)13-10-18-19(3)11-13/h5-8,10-11,15-16H,4,9H2,1-3H3. The van der Waals surface area contributed by atoms with Gasteiger partial charge in [0.15, 0.2) is 0 Å². The molecular formula is C17H21N3O3S. The van der Waals surface area contributed by atoms with Crippen LogP contribution in [0.1, 0.15) is 30.4 Å². The number of nitrogens with zero attached hydrogens (tertiary/aromatic N) is 3. The summed E-state index contributed by atoms with van der Waals surface area (Å²) < 4.78 is 28.3. The molecule has 6 nitrogen and oxygen atoms in total. The number of aromatic nitrogens is 2. The van der Waals surface area contributed by atoms with E-state index in [1.165, 1.54) is 0 Å². The monoisotopic (exact) mass is 347 g/mol. The number of carbonyl (C=O) groups excluding carboxylic acids is 1. The van der Waals surface area contributed by atoms with Crippen molar-refractivity contribution in [2.45, 2.75) is 31.1 Å². The van der Waals surface area contributed by atoms with Crippen molar-refractivity contribution in [1.82, 2.24) is 14.1 Å². The van der Waals surface area contributed by atoms with Gasteiger partial charge in [-0.1, -0.05) is 17.7 Å².